The third kappa shape index (κ3) is 5.13. The molecule has 10 heteroatoms. The van der Waals surface area contributed by atoms with Gasteiger partial charge in [-0.3, -0.25) is 4.79 Å². The van der Waals surface area contributed by atoms with E-state index < -0.39 is 5.60 Å². The first-order valence-electron chi connectivity index (χ1n) is 11.2. The molecule has 2 aliphatic rings. The molecule has 4 rings (SSSR count). The number of aromatic nitrogens is 1. The number of nitriles is 1. The van der Waals surface area contributed by atoms with Gasteiger partial charge < -0.3 is 28.3 Å². The SMILES string of the molecule is CC(C)(C)OC(=O)N1CCC(C(=O)N2CCN(c3oc(-c4ccco4)nc3C#N)CC2)CC1. The van der Waals surface area contributed by atoms with Gasteiger partial charge in [0.1, 0.15) is 11.7 Å². The van der Waals surface area contributed by atoms with Crippen molar-refractivity contribution in [2.75, 3.05) is 44.2 Å². The number of furan rings is 1. The van der Waals surface area contributed by atoms with Crippen molar-refractivity contribution in [2.45, 2.75) is 39.2 Å². The molecule has 10 nitrogen and oxygen atoms in total. The Morgan fingerprint density at radius 3 is 2.39 bits per heavy atom. The highest BCUT2D eigenvalue weighted by atomic mass is 16.6. The van der Waals surface area contributed by atoms with Crippen molar-refractivity contribution in [1.82, 2.24) is 14.8 Å². The van der Waals surface area contributed by atoms with E-state index in [-0.39, 0.29) is 29.5 Å². The van der Waals surface area contributed by atoms with Gasteiger partial charge in [-0.15, -0.1) is 0 Å². The molecule has 0 bridgehead atoms. The molecule has 2 aromatic rings. The first-order valence-corrected chi connectivity index (χ1v) is 11.2. The average molecular weight is 456 g/mol. The number of ether oxygens (including phenoxy) is 1. The number of carbonyl (C=O) groups excluding carboxylic acids is 2. The highest BCUT2D eigenvalue weighted by molar-refractivity contribution is 5.79. The predicted octanol–water partition coefficient (Wildman–Crippen LogP) is 3.10. The van der Waals surface area contributed by atoms with Crippen LogP contribution in [-0.4, -0.2) is 71.7 Å². The summed E-state index contributed by atoms with van der Waals surface area (Å²) >= 11 is 0. The van der Waals surface area contributed by atoms with E-state index in [2.05, 4.69) is 11.1 Å². The third-order valence-corrected chi connectivity index (χ3v) is 5.82. The van der Waals surface area contributed by atoms with Gasteiger partial charge in [0.25, 0.3) is 5.89 Å². The van der Waals surface area contributed by atoms with Gasteiger partial charge in [-0.05, 0) is 45.7 Å². The lowest BCUT2D eigenvalue weighted by atomic mass is 9.95. The fourth-order valence-corrected chi connectivity index (χ4v) is 4.13. The number of amides is 2. The van der Waals surface area contributed by atoms with Crippen LogP contribution in [0.4, 0.5) is 10.7 Å². The molecule has 176 valence electrons. The van der Waals surface area contributed by atoms with Crippen LogP contribution in [0.1, 0.15) is 39.3 Å². The third-order valence-electron chi connectivity index (χ3n) is 5.82. The molecule has 0 unspecified atom stereocenters. The van der Waals surface area contributed by atoms with E-state index in [1.165, 1.54) is 6.26 Å². The lowest BCUT2D eigenvalue weighted by Gasteiger charge is -2.38. The van der Waals surface area contributed by atoms with Crippen LogP contribution in [-0.2, 0) is 9.53 Å². The van der Waals surface area contributed by atoms with Crippen LogP contribution in [0.25, 0.3) is 11.7 Å². The summed E-state index contributed by atoms with van der Waals surface area (Å²) in [6.45, 7) is 8.73. The minimum absolute atomic E-state index is 0.0965. The Morgan fingerprint density at radius 1 is 1.12 bits per heavy atom. The van der Waals surface area contributed by atoms with Crippen molar-refractivity contribution in [3.63, 3.8) is 0 Å². The Bertz CT molecular complexity index is 1020. The van der Waals surface area contributed by atoms with Gasteiger partial charge in [-0.1, -0.05) is 0 Å². The summed E-state index contributed by atoms with van der Waals surface area (Å²) in [5.41, 5.74) is -0.326. The topological polar surface area (TPSA) is 116 Å². The van der Waals surface area contributed by atoms with Crippen molar-refractivity contribution in [2.24, 2.45) is 5.92 Å². The van der Waals surface area contributed by atoms with Gasteiger partial charge in [0.2, 0.25) is 17.5 Å². The molecule has 4 heterocycles. The van der Waals surface area contributed by atoms with Crippen LogP contribution >= 0.6 is 0 Å². The molecule has 0 aliphatic carbocycles. The van der Waals surface area contributed by atoms with Crippen LogP contribution < -0.4 is 4.90 Å². The summed E-state index contributed by atoms with van der Waals surface area (Å²) in [5, 5.41) is 9.46. The molecular weight excluding hydrogens is 426 g/mol. The number of hydrogen-bond donors (Lipinski definition) is 0. The Morgan fingerprint density at radius 2 is 1.82 bits per heavy atom. The molecule has 33 heavy (non-hydrogen) atoms. The highest BCUT2D eigenvalue weighted by Crippen LogP contribution is 2.29. The maximum atomic E-state index is 13.1. The number of rotatable bonds is 3. The number of nitrogens with zero attached hydrogens (tertiary/aromatic N) is 5. The fourth-order valence-electron chi connectivity index (χ4n) is 4.13. The van der Waals surface area contributed by atoms with Gasteiger partial charge in [0, 0.05) is 45.2 Å². The first kappa shape index (κ1) is 22.7. The summed E-state index contributed by atoms with van der Waals surface area (Å²) in [6.07, 6.45) is 2.46. The highest BCUT2D eigenvalue weighted by Gasteiger charge is 2.34. The Kier molecular flexibility index (Phi) is 6.31. The van der Waals surface area contributed by atoms with E-state index >= 15 is 0 Å². The van der Waals surface area contributed by atoms with Crippen molar-refractivity contribution in [1.29, 1.82) is 5.26 Å². The lowest BCUT2D eigenvalue weighted by Crippen LogP contribution is -2.52. The van der Waals surface area contributed by atoms with Crippen LogP contribution in [0, 0.1) is 17.2 Å². The minimum Gasteiger partial charge on any atom is -0.459 e. The number of carbonyl (C=O) groups is 2. The Hall–Kier alpha value is -3.48. The molecule has 2 fully saturated rings. The second-order valence-corrected chi connectivity index (χ2v) is 9.32. The predicted molar refractivity (Wildman–Crippen MR) is 118 cm³/mol. The van der Waals surface area contributed by atoms with Gasteiger partial charge >= 0.3 is 6.09 Å². The lowest BCUT2D eigenvalue weighted by molar-refractivity contribution is -0.137. The van der Waals surface area contributed by atoms with E-state index in [0.717, 1.165) is 0 Å². The van der Waals surface area contributed by atoms with E-state index in [9.17, 15) is 14.9 Å². The number of anilines is 1. The first-order chi connectivity index (χ1) is 15.7. The number of piperidine rings is 1. The molecule has 2 amide bonds. The van der Waals surface area contributed by atoms with E-state index in [4.69, 9.17) is 13.6 Å². The minimum atomic E-state index is -0.531. The maximum absolute atomic E-state index is 13.1. The molecule has 0 radical (unpaired) electrons. The van der Waals surface area contributed by atoms with Crippen LogP contribution in [0.5, 0.6) is 0 Å². The summed E-state index contributed by atoms with van der Waals surface area (Å²) in [4.78, 5) is 35.0. The zero-order valence-electron chi connectivity index (χ0n) is 19.2. The molecule has 2 aliphatic heterocycles. The molecule has 2 aromatic heterocycles. The standard InChI is InChI=1S/C23H29N5O5/c1-23(2,3)33-22(30)28-8-6-16(7-9-28)20(29)26-10-12-27(13-11-26)21-17(15-24)25-19(32-21)18-5-4-14-31-18/h4-5,14,16H,6-13H2,1-3H3. The quantitative estimate of drug-likeness (QED) is 0.693. The summed E-state index contributed by atoms with van der Waals surface area (Å²) < 4.78 is 16.6. The van der Waals surface area contributed by atoms with E-state index in [0.29, 0.717) is 63.8 Å². The molecule has 0 spiro atoms. The normalized spacial score (nSPS) is 17.7. The fraction of sp³-hybridized carbons (Fsp3) is 0.565. The van der Waals surface area contributed by atoms with Gasteiger partial charge in [0.05, 0.1) is 6.26 Å². The summed E-state index contributed by atoms with van der Waals surface area (Å²) in [7, 11) is 0. The van der Waals surface area contributed by atoms with Gasteiger partial charge in [-0.2, -0.15) is 10.2 Å². The average Bonchev–Trinajstić information content (AvgIpc) is 3.47. The summed E-state index contributed by atoms with van der Waals surface area (Å²) in [6, 6.07) is 5.53. The largest absolute Gasteiger partial charge is 0.459 e. The zero-order chi connectivity index (χ0) is 23.6. The number of piperazine rings is 1. The molecule has 0 atom stereocenters. The van der Waals surface area contributed by atoms with Crippen LogP contribution in [0.15, 0.2) is 27.2 Å². The number of hydrogen-bond acceptors (Lipinski definition) is 8. The smallest absolute Gasteiger partial charge is 0.410 e. The van der Waals surface area contributed by atoms with Crippen molar-refractivity contribution >= 4 is 17.9 Å². The Balaban J connectivity index is 1.30. The molecule has 0 N–H and O–H groups in total. The Labute approximate surface area is 192 Å². The second-order valence-electron chi connectivity index (χ2n) is 9.32. The van der Waals surface area contributed by atoms with Gasteiger partial charge in [-0.25, -0.2) is 4.79 Å². The van der Waals surface area contributed by atoms with Crippen molar-refractivity contribution < 1.29 is 23.2 Å². The molecule has 2 saturated heterocycles. The van der Waals surface area contributed by atoms with E-state index in [1.807, 2.05) is 30.6 Å². The number of oxazole rings is 1. The maximum Gasteiger partial charge on any atom is 0.410 e. The molecule has 0 saturated carbocycles. The van der Waals surface area contributed by atoms with Gasteiger partial charge in [0.15, 0.2) is 5.76 Å². The van der Waals surface area contributed by atoms with Crippen molar-refractivity contribution in [3.05, 3.63) is 24.1 Å². The summed E-state index contributed by atoms with van der Waals surface area (Å²) in [5.74, 6) is 1.15. The molecule has 0 aromatic carbocycles. The number of likely N-dealkylation sites (tertiary alicyclic amines) is 1. The monoisotopic (exact) mass is 455 g/mol. The van der Waals surface area contributed by atoms with Crippen LogP contribution in [0.2, 0.25) is 0 Å². The zero-order valence-corrected chi connectivity index (χ0v) is 19.2. The van der Waals surface area contributed by atoms with Crippen LogP contribution in [0.3, 0.4) is 0 Å². The van der Waals surface area contributed by atoms with E-state index in [1.54, 1.807) is 17.0 Å². The molecular formula is C23H29N5O5. The van der Waals surface area contributed by atoms with Crippen molar-refractivity contribution in [3.8, 4) is 17.7 Å². The second kappa shape index (κ2) is 9.17.